The highest BCUT2D eigenvalue weighted by atomic mass is 35.5. The Morgan fingerprint density at radius 2 is 2.31 bits per heavy atom. The molecule has 0 saturated heterocycles. The average molecular weight is 215 g/mol. The van der Waals surface area contributed by atoms with Crippen LogP contribution in [0.3, 0.4) is 0 Å². The van der Waals surface area contributed by atoms with E-state index in [9.17, 15) is 4.79 Å². The number of thiophene rings is 1. The van der Waals surface area contributed by atoms with E-state index in [1.54, 1.807) is 6.07 Å². The van der Waals surface area contributed by atoms with E-state index >= 15 is 0 Å². The topological polar surface area (TPSA) is 17.1 Å². The maximum Gasteiger partial charge on any atom is 0.173 e. The molecule has 0 spiro atoms. The fourth-order valence-electron chi connectivity index (χ4n) is 1.52. The predicted molar refractivity (Wildman–Crippen MR) is 55.6 cm³/mol. The van der Waals surface area contributed by atoms with Crippen molar-refractivity contribution in [3.63, 3.8) is 0 Å². The van der Waals surface area contributed by atoms with Gasteiger partial charge < -0.3 is 0 Å². The molecule has 0 aromatic carbocycles. The fraction of sp³-hybridized carbons (Fsp3) is 0.500. The van der Waals surface area contributed by atoms with Crippen molar-refractivity contribution >= 4 is 28.7 Å². The van der Waals surface area contributed by atoms with Crippen molar-refractivity contribution in [2.45, 2.75) is 25.7 Å². The van der Waals surface area contributed by atoms with Crippen molar-refractivity contribution in [2.24, 2.45) is 5.92 Å². The van der Waals surface area contributed by atoms with Crippen molar-refractivity contribution in [1.29, 1.82) is 0 Å². The molecule has 0 unspecified atom stereocenters. The molecule has 1 fully saturated rings. The molecule has 1 nitrogen and oxygen atoms in total. The molecule has 1 saturated carbocycles. The number of hydrogen-bond donors (Lipinski definition) is 0. The van der Waals surface area contributed by atoms with Gasteiger partial charge in [0.1, 0.15) is 0 Å². The molecule has 1 aliphatic carbocycles. The van der Waals surface area contributed by atoms with Crippen LogP contribution in [0.5, 0.6) is 0 Å². The van der Waals surface area contributed by atoms with Crippen LogP contribution in [0.15, 0.2) is 12.1 Å². The first-order valence-electron chi connectivity index (χ1n) is 4.54. The Hall–Kier alpha value is -0.340. The highest BCUT2D eigenvalue weighted by Crippen LogP contribution is 2.32. The molecule has 3 heteroatoms. The summed E-state index contributed by atoms with van der Waals surface area (Å²) in [5.74, 6) is 0.912. The number of carbonyl (C=O) groups excluding carboxylic acids is 1. The number of carbonyl (C=O) groups is 1. The van der Waals surface area contributed by atoms with E-state index < -0.39 is 0 Å². The Morgan fingerprint density at radius 3 is 2.77 bits per heavy atom. The van der Waals surface area contributed by atoms with Gasteiger partial charge in [0.25, 0.3) is 0 Å². The second kappa shape index (κ2) is 3.81. The number of hydrogen-bond acceptors (Lipinski definition) is 2. The van der Waals surface area contributed by atoms with E-state index in [1.165, 1.54) is 30.6 Å². The first-order valence-corrected chi connectivity index (χ1v) is 5.73. The van der Waals surface area contributed by atoms with Crippen molar-refractivity contribution in [2.75, 3.05) is 0 Å². The second-order valence-corrected chi connectivity index (χ2v) is 5.24. The van der Waals surface area contributed by atoms with Gasteiger partial charge in [-0.1, -0.05) is 30.9 Å². The van der Waals surface area contributed by atoms with Crippen LogP contribution < -0.4 is 0 Å². The zero-order valence-electron chi connectivity index (χ0n) is 7.25. The molecule has 70 valence electrons. The first kappa shape index (κ1) is 9.22. The van der Waals surface area contributed by atoms with Gasteiger partial charge in [-0.25, -0.2) is 0 Å². The summed E-state index contributed by atoms with van der Waals surface area (Å²) >= 11 is 7.14. The lowest BCUT2D eigenvalue weighted by atomic mass is 9.82. The maximum absolute atomic E-state index is 11.6. The van der Waals surface area contributed by atoms with Crippen LogP contribution in [-0.2, 0) is 0 Å². The molecule has 0 bridgehead atoms. The van der Waals surface area contributed by atoms with Gasteiger partial charge in [-0.05, 0) is 18.1 Å². The van der Waals surface area contributed by atoms with E-state index in [-0.39, 0.29) is 5.78 Å². The number of ketones is 1. The Kier molecular flexibility index (Phi) is 2.70. The smallest absolute Gasteiger partial charge is 0.173 e. The van der Waals surface area contributed by atoms with Gasteiger partial charge in [0.05, 0.1) is 9.21 Å². The third-order valence-electron chi connectivity index (χ3n) is 2.55. The van der Waals surface area contributed by atoms with Crippen LogP contribution in [-0.4, -0.2) is 5.78 Å². The van der Waals surface area contributed by atoms with Gasteiger partial charge in [0, 0.05) is 6.42 Å². The predicted octanol–water partition coefficient (Wildman–Crippen LogP) is 3.77. The minimum Gasteiger partial charge on any atom is -0.293 e. The van der Waals surface area contributed by atoms with Gasteiger partial charge in [-0.15, -0.1) is 11.3 Å². The Labute approximate surface area is 86.7 Å². The van der Waals surface area contributed by atoms with Crippen LogP contribution in [0.2, 0.25) is 4.34 Å². The Morgan fingerprint density at radius 1 is 1.54 bits per heavy atom. The molecule has 0 aliphatic heterocycles. The minimum absolute atomic E-state index is 0.265. The van der Waals surface area contributed by atoms with Crippen LogP contribution >= 0.6 is 22.9 Å². The van der Waals surface area contributed by atoms with Crippen molar-refractivity contribution in [3.8, 4) is 0 Å². The van der Waals surface area contributed by atoms with Gasteiger partial charge in [0.15, 0.2) is 5.78 Å². The highest BCUT2D eigenvalue weighted by Gasteiger charge is 2.21. The number of Topliss-reactive ketones (excluding diaryl/α,β-unsaturated/α-hetero) is 1. The van der Waals surface area contributed by atoms with Crippen LogP contribution in [0.4, 0.5) is 0 Å². The van der Waals surface area contributed by atoms with Gasteiger partial charge in [-0.3, -0.25) is 4.79 Å². The molecule has 0 atom stereocenters. The Bertz CT molecular complexity index is 314. The third-order valence-corrected chi connectivity index (χ3v) is 3.82. The van der Waals surface area contributed by atoms with E-state index in [2.05, 4.69) is 0 Å². The molecule has 0 radical (unpaired) electrons. The lowest BCUT2D eigenvalue weighted by Gasteiger charge is -2.23. The lowest BCUT2D eigenvalue weighted by molar-refractivity contribution is 0.0940. The van der Waals surface area contributed by atoms with Gasteiger partial charge in [0.2, 0.25) is 0 Å². The first-order chi connectivity index (χ1) is 6.25. The van der Waals surface area contributed by atoms with Gasteiger partial charge in [-0.2, -0.15) is 0 Å². The molecule has 1 heterocycles. The summed E-state index contributed by atoms with van der Waals surface area (Å²) < 4.78 is 0.706. The molecular formula is C10H11ClOS. The van der Waals surface area contributed by atoms with Crippen molar-refractivity contribution < 1.29 is 4.79 Å². The third kappa shape index (κ3) is 2.12. The standard InChI is InChI=1S/C10H11ClOS/c11-10-5-4-9(13-10)8(12)6-7-2-1-3-7/h4-5,7H,1-3,6H2. The SMILES string of the molecule is O=C(CC1CCC1)c1ccc(Cl)s1. The van der Waals surface area contributed by atoms with Crippen molar-refractivity contribution in [3.05, 3.63) is 21.3 Å². The normalized spacial score (nSPS) is 17.0. The van der Waals surface area contributed by atoms with E-state index in [4.69, 9.17) is 11.6 Å². The van der Waals surface area contributed by atoms with Crippen LogP contribution in [0.25, 0.3) is 0 Å². The van der Waals surface area contributed by atoms with Gasteiger partial charge >= 0.3 is 0 Å². The largest absolute Gasteiger partial charge is 0.293 e. The number of rotatable bonds is 3. The Balaban J connectivity index is 1.96. The summed E-state index contributed by atoms with van der Waals surface area (Å²) in [5, 5.41) is 0. The summed E-state index contributed by atoms with van der Waals surface area (Å²) in [6.07, 6.45) is 4.47. The highest BCUT2D eigenvalue weighted by molar-refractivity contribution is 7.18. The van der Waals surface area contributed by atoms with E-state index in [0.717, 1.165) is 11.3 Å². The average Bonchev–Trinajstić information content (AvgIpc) is 2.44. The molecule has 13 heavy (non-hydrogen) atoms. The van der Waals surface area contributed by atoms with Crippen LogP contribution in [0.1, 0.15) is 35.4 Å². The summed E-state index contributed by atoms with van der Waals surface area (Å²) in [4.78, 5) is 12.4. The second-order valence-electron chi connectivity index (χ2n) is 3.53. The molecule has 1 aromatic heterocycles. The zero-order valence-corrected chi connectivity index (χ0v) is 8.83. The maximum atomic E-state index is 11.6. The zero-order chi connectivity index (χ0) is 9.26. The van der Waals surface area contributed by atoms with Crippen molar-refractivity contribution in [1.82, 2.24) is 0 Å². The van der Waals surface area contributed by atoms with E-state index in [0.29, 0.717) is 10.3 Å². The quantitative estimate of drug-likeness (QED) is 0.700. The molecule has 1 aromatic rings. The summed E-state index contributed by atoms with van der Waals surface area (Å²) in [5.41, 5.74) is 0. The molecular weight excluding hydrogens is 204 g/mol. The molecule has 0 N–H and O–H groups in total. The monoisotopic (exact) mass is 214 g/mol. The lowest BCUT2D eigenvalue weighted by Crippen LogP contribution is -2.15. The summed E-state index contributed by atoms with van der Waals surface area (Å²) in [6, 6.07) is 3.62. The molecule has 0 amide bonds. The van der Waals surface area contributed by atoms with Crippen LogP contribution in [0, 0.1) is 5.92 Å². The van der Waals surface area contributed by atoms with E-state index in [1.807, 2.05) is 6.07 Å². The molecule has 2 rings (SSSR count). The minimum atomic E-state index is 0.265. The molecule has 1 aliphatic rings. The number of halogens is 1. The fourth-order valence-corrected chi connectivity index (χ4v) is 2.52. The summed E-state index contributed by atoms with van der Waals surface area (Å²) in [6.45, 7) is 0. The summed E-state index contributed by atoms with van der Waals surface area (Å²) in [7, 11) is 0.